The predicted octanol–water partition coefficient (Wildman–Crippen LogP) is 2.49. The number of nitrogens with zero attached hydrogens (tertiary/aromatic N) is 2. The van der Waals surface area contributed by atoms with Crippen LogP contribution in [0.3, 0.4) is 0 Å². The summed E-state index contributed by atoms with van der Waals surface area (Å²) in [5.74, 6) is 0. The van der Waals surface area contributed by atoms with E-state index in [0.717, 1.165) is 24.1 Å². The first kappa shape index (κ1) is 16.6. The van der Waals surface area contributed by atoms with Crippen LogP contribution in [0, 0.1) is 10.1 Å². The predicted molar refractivity (Wildman–Crippen MR) is 86.7 cm³/mol. The van der Waals surface area contributed by atoms with Gasteiger partial charge in [-0.3, -0.25) is 10.1 Å². The number of nitrogens with one attached hydrogen (secondary N) is 1. The fourth-order valence-corrected chi connectivity index (χ4v) is 2.66. The number of hydrogen-bond acceptors (Lipinski definition) is 5. The largest absolute Gasteiger partial charge is 0.276 e. The van der Waals surface area contributed by atoms with Crippen LogP contribution in [-0.2, 0) is 16.4 Å². The molecule has 0 fully saturated rings. The van der Waals surface area contributed by atoms with E-state index in [0.29, 0.717) is 6.42 Å². The summed E-state index contributed by atoms with van der Waals surface area (Å²) in [6, 6.07) is 14.4. The molecule has 0 radical (unpaired) electrons. The van der Waals surface area contributed by atoms with Gasteiger partial charge >= 0.3 is 0 Å². The summed E-state index contributed by atoms with van der Waals surface area (Å²) in [7, 11) is -3.82. The van der Waals surface area contributed by atoms with Crippen molar-refractivity contribution in [1.29, 1.82) is 0 Å². The fourth-order valence-electron chi connectivity index (χ4n) is 1.85. The van der Waals surface area contributed by atoms with E-state index >= 15 is 0 Å². The number of benzene rings is 2. The molecule has 23 heavy (non-hydrogen) atoms. The number of sulfonamides is 1. The van der Waals surface area contributed by atoms with Crippen molar-refractivity contribution < 1.29 is 13.3 Å². The average Bonchev–Trinajstić information content (AvgIpc) is 2.55. The van der Waals surface area contributed by atoms with E-state index in [9.17, 15) is 18.5 Å². The van der Waals surface area contributed by atoms with Crippen LogP contribution in [0.4, 0.5) is 5.69 Å². The first-order chi connectivity index (χ1) is 11.0. The quantitative estimate of drug-likeness (QED) is 0.478. The van der Waals surface area contributed by atoms with Gasteiger partial charge in [-0.25, -0.2) is 4.83 Å². The second-order valence-electron chi connectivity index (χ2n) is 4.68. The summed E-state index contributed by atoms with van der Waals surface area (Å²) in [4.78, 5) is 11.9. The molecule has 0 saturated heterocycles. The van der Waals surface area contributed by atoms with Gasteiger partial charge in [0.1, 0.15) is 0 Å². The van der Waals surface area contributed by atoms with Gasteiger partial charge in [0.05, 0.1) is 9.82 Å². The van der Waals surface area contributed by atoms with Gasteiger partial charge in [0.15, 0.2) is 0 Å². The van der Waals surface area contributed by atoms with E-state index in [2.05, 4.69) is 9.93 Å². The van der Waals surface area contributed by atoms with Crippen LogP contribution in [0.1, 0.15) is 12.0 Å². The highest BCUT2D eigenvalue weighted by molar-refractivity contribution is 7.89. The molecule has 0 heterocycles. The number of hydrazone groups is 1. The third kappa shape index (κ3) is 4.89. The zero-order valence-electron chi connectivity index (χ0n) is 12.1. The Morgan fingerprint density at radius 2 is 1.74 bits per heavy atom. The van der Waals surface area contributed by atoms with E-state index in [1.165, 1.54) is 18.3 Å². The average molecular weight is 333 g/mol. The lowest BCUT2D eigenvalue weighted by Gasteiger charge is -2.02. The van der Waals surface area contributed by atoms with E-state index in [4.69, 9.17) is 0 Å². The van der Waals surface area contributed by atoms with Gasteiger partial charge in [-0.2, -0.15) is 13.5 Å². The van der Waals surface area contributed by atoms with Crippen molar-refractivity contribution in [3.63, 3.8) is 0 Å². The minimum Gasteiger partial charge on any atom is -0.258 e. The molecule has 0 atom stereocenters. The summed E-state index contributed by atoms with van der Waals surface area (Å²) >= 11 is 0. The van der Waals surface area contributed by atoms with Crippen molar-refractivity contribution in [2.75, 3.05) is 0 Å². The standard InChI is InChI=1S/C15H15N3O4S/c19-18(20)14-8-10-15(11-9-14)23(21,22)17-16-12-4-7-13-5-2-1-3-6-13/h1-3,5-6,8-12,17H,4,7H2/b16-12-. The minimum atomic E-state index is -3.82. The van der Waals surface area contributed by atoms with Crippen molar-refractivity contribution in [2.45, 2.75) is 17.7 Å². The lowest BCUT2D eigenvalue weighted by atomic mass is 10.1. The number of rotatable bonds is 7. The van der Waals surface area contributed by atoms with E-state index < -0.39 is 14.9 Å². The van der Waals surface area contributed by atoms with Gasteiger partial charge in [0.2, 0.25) is 0 Å². The highest BCUT2D eigenvalue weighted by Gasteiger charge is 2.14. The molecule has 0 bridgehead atoms. The van der Waals surface area contributed by atoms with Crippen LogP contribution >= 0.6 is 0 Å². The summed E-state index contributed by atoms with van der Waals surface area (Å²) in [5.41, 5.74) is 0.965. The molecule has 0 amide bonds. The van der Waals surface area contributed by atoms with Crippen LogP contribution in [0.25, 0.3) is 0 Å². The Balaban J connectivity index is 1.90. The fraction of sp³-hybridized carbons (Fsp3) is 0.133. The monoisotopic (exact) mass is 333 g/mol. The van der Waals surface area contributed by atoms with Crippen LogP contribution in [-0.4, -0.2) is 19.6 Å². The molecule has 2 rings (SSSR count). The molecule has 0 aliphatic rings. The lowest BCUT2D eigenvalue weighted by Crippen LogP contribution is -2.18. The van der Waals surface area contributed by atoms with Crippen LogP contribution < -0.4 is 4.83 Å². The molecule has 1 N–H and O–H groups in total. The van der Waals surface area contributed by atoms with Gasteiger partial charge in [-0.15, -0.1) is 0 Å². The maximum atomic E-state index is 12.0. The second-order valence-corrected chi connectivity index (χ2v) is 6.34. The molecular formula is C15H15N3O4S. The molecule has 0 spiro atoms. The Morgan fingerprint density at radius 1 is 1.09 bits per heavy atom. The highest BCUT2D eigenvalue weighted by atomic mass is 32.2. The Hall–Kier alpha value is -2.74. The molecule has 0 aromatic heterocycles. The Bertz CT molecular complexity index is 787. The third-order valence-corrected chi connectivity index (χ3v) is 4.27. The molecular weight excluding hydrogens is 318 g/mol. The molecule has 0 saturated carbocycles. The van der Waals surface area contributed by atoms with E-state index in [1.807, 2.05) is 30.3 Å². The molecule has 0 unspecified atom stereocenters. The highest BCUT2D eigenvalue weighted by Crippen LogP contribution is 2.15. The van der Waals surface area contributed by atoms with Crippen LogP contribution in [0.2, 0.25) is 0 Å². The Kier molecular flexibility index (Phi) is 5.42. The van der Waals surface area contributed by atoms with Crippen LogP contribution in [0.15, 0.2) is 64.6 Å². The van der Waals surface area contributed by atoms with Gasteiger partial charge in [-0.1, -0.05) is 30.3 Å². The maximum Gasteiger partial charge on any atom is 0.276 e. The Labute approximate surface area is 133 Å². The molecule has 2 aromatic carbocycles. The number of aryl methyl sites for hydroxylation is 1. The number of non-ortho nitro benzene ring substituents is 1. The second kappa shape index (κ2) is 7.50. The zero-order chi connectivity index (χ0) is 16.7. The van der Waals surface area contributed by atoms with Gasteiger partial charge in [-0.05, 0) is 30.5 Å². The number of nitro benzene ring substituents is 1. The first-order valence-corrected chi connectivity index (χ1v) is 8.29. The minimum absolute atomic E-state index is 0.0803. The van der Waals surface area contributed by atoms with E-state index in [1.54, 1.807) is 0 Å². The molecule has 0 aliphatic heterocycles. The topological polar surface area (TPSA) is 102 Å². The van der Waals surface area contributed by atoms with Crippen molar-refractivity contribution in [3.05, 3.63) is 70.3 Å². The van der Waals surface area contributed by atoms with Gasteiger partial charge in [0, 0.05) is 18.3 Å². The Morgan fingerprint density at radius 3 is 2.35 bits per heavy atom. The van der Waals surface area contributed by atoms with Crippen molar-refractivity contribution >= 4 is 21.9 Å². The van der Waals surface area contributed by atoms with Crippen LogP contribution in [0.5, 0.6) is 0 Å². The van der Waals surface area contributed by atoms with E-state index in [-0.39, 0.29) is 10.6 Å². The SMILES string of the molecule is O=[N+]([O-])c1ccc(S(=O)(=O)N/N=C\CCc2ccccc2)cc1. The molecule has 0 aliphatic carbocycles. The van der Waals surface area contributed by atoms with Crippen molar-refractivity contribution in [3.8, 4) is 0 Å². The molecule has 7 nitrogen and oxygen atoms in total. The van der Waals surface area contributed by atoms with Gasteiger partial charge < -0.3 is 0 Å². The van der Waals surface area contributed by atoms with Crippen molar-refractivity contribution in [2.24, 2.45) is 5.10 Å². The summed E-state index contributed by atoms with van der Waals surface area (Å²) in [5, 5.41) is 14.2. The number of hydrogen-bond donors (Lipinski definition) is 1. The smallest absolute Gasteiger partial charge is 0.258 e. The van der Waals surface area contributed by atoms with Crippen molar-refractivity contribution in [1.82, 2.24) is 4.83 Å². The maximum absolute atomic E-state index is 12.0. The summed E-state index contributed by atoms with van der Waals surface area (Å²) < 4.78 is 23.9. The third-order valence-electron chi connectivity index (χ3n) is 3.03. The molecule has 8 heteroatoms. The first-order valence-electron chi connectivity index (χ1n) is 6.81. The normalized spacial score (nSPS) is 11.5. The lowest BCUT2D eigenvalue weighted by molar-refractivity contribution is -0.384. The zero-order valence-corrected chi connectivity index (χ0v) is 12.9. The number of nitro groups is 1. The summed E-state index contributed by atoms with van der Waals surface area (Å²) in [6.07, 6.45) is 2.83. The van der Waals surface area contributed by atoms with Gasteiger partial charge in [0.25, 0.3) is 15.7 Å². The molecule has 2 aromatic rings. The molecule has 120 valence electrons. The summed E-state index contributed by atoms with van der Waals surface area (Å²) in [6.45, 7) is 0.